The topological polar surface area (TPSA) is 96.2 Å². The molecule has 9 nitrogen and oxygen atoms in total. The molecule has 0 bridgehead atoms. The van der Waals surface area contributed by atoms with Crippen molar-refractivity contribution < 1.29 is 9.59 Å². The van der Waals surface area contributed by atoms with E-state index in [9.17, 15) is 9.59 Å². The molecular formula is C17H23N7O2S. The number of benzene rings is 1. The molecule has 1 N–H and O–H groups in total. The van der Waals surface area contributed by atoms with Crippen molar-refractivity contribution in [1.82, 2.24) is 30.4 Å². The number of aromatic nitrogens is 4. The fourth-order valence-electron chi connectivity index (χ4n) is 2.81. The maximum atomic E-state index is 12.3. The monoisotopic (exact) mass is 389 g/mol. The molecule has 1 fully saturated rings. The normalized spacial score (nSPS) is 14.3. The van der Waals surface area contributed by atoms with E-state index < -0.39 is 0 Å². The number of anilines is 1. The van der Waals surface area contributed by atoms with Gasteiger partial charge in [-0.3, -0.25) is 9.59 Å². The largest absolute Gasteiger partial charge is 0.368 e. The van der Waals surface area contributed by atoms with Crippen molar-refractivity contribution >= 4 is 29.3 Å². The highest BCUT2D eigenvalue weighted by Crippen LogP contribution is 2.15. The van der Waals surface area contributed by atoms with E-state index in [0.717, 1.165) is 13.1 Å². The summed E-state index contributed by atoms with van der Waals surface area (Å²) in [7, 11) is 1.75. The first-order valence-electron chi connectivity index (χ1n) is 8.83. The lowest BCUT2D eigenvalue weighted by atomic mass is 10.2. The maximum absolute atomic E-state index is 12.3. The van der Waals surface area contributed by atoms with Gasteiger partial charge in [-0.25, -0.2) is 4.68 Å². The zero-order valence-corrected chi connectivity index (χ0v) is 16.1. The van der Waals surface area contributed by atoms with Gasteiger partial charge < -0.3 is 15.1 Å². The van der Waals surface area contributed by atoms with Gasteiger partial charge in [0.15, 0.2) is 0 Å². The predicted molar refractivity (Wildman–Crippen MR) is 102 cm³/mol. The molecule has 2 heterocycles. The van der Waals surface area contributed by atoms with Crippen LogP contribution in [-0.2, 0) is 16.6 Å². The van der Waals surface area contributed by atoms with Crippen molar-refractivity contribution in [3.8, 4) is 0 Å². The van der Waals surface area contributed by atoms with Crippen LogP contribution in [-0.4, -0.2) is 75.4 Å². The van der Waals surface area contributed by atoms with Gasteiger partial charge in [0, 0.05) is 51.1 Å². The third-order valence-electron chi connectivity index (χ3n) is 4.33. The number of hydrogen-bond donors (Lipinski definition) is 1. The summed E-state index contributed by atoms with van der Waals surface area (Å²) in [6, 6.07) is 10.2. The Morgan fingerprint density at radius 2 is 1.89 bits per heavy atom. The third kappa shape index (κ3) is 5.43. The first kappa shape index (κ1) is 19.2. The zero-order chi connectivity index (χ0) is 19.1. The summed E-state index contributed by atoms with van der Waals surface area (Å²) in [6.07, 6.45) is 0.312. The molecule has 0 unspecified atom stereocenters. The number of amides is 2. The Morgan fingerprint density at radius 3 is 2.56 bits per heavy atom. The van der Waals surface area contributed by atoms with Crippen molar-refractivity contribution in [3.05, 3.63) is 30.3 Å². The van der Waals surface area contributed by atoms with Gasteiger partial charge in [-0.15, -0.1) is 5.10 Å². The first-order chi connectivity index (χ1) is 13.1. The van der Waals surface area contributed by atoms with Gasteiger partial charge in [0.1, 0.15) is 0 Å². The van der Waals surface area contributed by atoms with Gasteiger partial charge >= 0.3 is 0 Å². The molecule has 0 spiro atoms. The molecule has 0 aliphatic carbocycles. The molecule has 27 heavy (non-hydrogen) atoms. The highest BCUT2D eigenvalue weighted by Gasteiger charge is 2.21. The minimum Gasteiger partial charge on any atom is -0.368 e. The standard InChI is InChI=1S/C17H23N7O2S/c1-22-17(19-20-21-22)27-12-7-15(25)18-13-16(26)24-10-8-23(9-11-24)14-5-3-2-4-6-14/h2-6H,7-13H2,1H3,(H,18,25). The minimum atomic E-state index is -0.145. The van der Waals surface area contributed by atoms with Gasteiger partial charge in [0.25, 0.3) is 0 Å². The van der Waals surface area contributed by atoms with Crippen molar-refractivity contribution in [2.75, 3.05) is 43.4 Å². The average Bonchev–Trinajstić information content (AvgIpc) is 3.12. The van der Waals surface area contributed by atoms with Crippen LogP contribution in [0.3, 0.4) is 0 Å². The molecule has 10 heteroatoms. The molecular weight excluding hydrogens is 366 g/mol. The fourth-order valence-corrected chi connectivity index (χ4v) is 3.59. The summed E-state index contributed by atoms with van der Waals surface area (Å²) in [5.41, 5.74) is 1.17. The molecule has 0 saturated carbocycles. The Hall–Kier alpha value is -2.62. The van der Waals surface area contributed by atoms with Crippen LogP contribution in [0.25, 0.3) is 0 Å². The summed E-state index contributed by atoms with van der Waals surface area (Å²) in [5, 5.41) is 14.5. The number of carbonyl (C=O) groups excluding carboxylic acids is 2. The van der Waals surface area contributed by atoms with E-state index in [-0.39, 0.29) is 18.4 Å². The van der Waals surface area contributed by atoms with Crippen LogP contribution in [0.15, 0.2) is 35.5 Å². The van der Waals surface area contributed by atoms with Crippen LogP contribution in [0.1, 0.15) is 6.42 Å². The first-order valence-corrected chi connectivity index (χ1v) is 9.81. The van der Waals surface area contributed by atoms with E-state index in [1.807, 2.05) is 18.2 Å². The van der Waals surface area contributed by atoms with Crippen LogP contribution in [0.4, 0.5) is 5.69 Å². The van der Waals surface area contributed by atoms with E-state index in [2.05, 4.69) is 37.9 Å². The quantitative estimate of drug-likeness (QED) is 0.674. The van der Waals surface area contributed by atoms with E-state index in [1.165, 1.54) is 17.4 Å². The zero-order valence-electron chi connectivity index (χ0n) is 15.2. The molecule has 3 rings (SSSR count). The molecule has 1 aliphatic rings. The fraction of sp³-hybridized carbons (Fsp3) is 0.471. The molecule has 144 valence electrons. The van der Waals surface area contributed by atoms with E-state index >= 15 is 0 Å². The van der Waals surface area contributed by atoms with Crippen molar-refractivity contribution in [1.29, 1.82) is 0 Å². The number of nitrogens with one attached hydrogen (secondary N) is 1. The predicted octanol–water partition coefficient (Wildman–Crippen LogP) is 0.157. The Labute approximate surface area is 162 Å². The second-order valence-corrected chi connectivity index (χ2v) is 7.23. The molecule has 2 aromatic rings. The molecule has 2 amide bonds. The SMILES string of the molecule is Cn1nnnc1SCCC(=O)NCC(=O)N1CCN(c2ccccc2)CC1. The second kappa shape index (κ2) is 9.36. The molecule has 1 saturated heterocycles. The number of aryl methyl sites for hydroxylation is 1. The Morgan fingerprint density at radius 1 is 1.15 bits per heavy atom. The second-order valence-electron chi connectivity index (χ2n) is 6.16. The summed E-state index contributed by atoms with van der Waals surface area (Å²) in [5.74, 6) is 0.374. The Kier molecular flexibility index (Phi) is 6.64. The van der Waals surface area contributed by atoms with Crippen molar-refractivity contribution in [2.45, 2.75) is 11.6 Å². The molecule has 1 aromatic heterocycles. The van der Waals surface area contributed by atoms with E-state index in [1.54, 1.807) is 16.6 Å². The third-order valence-corrected chi connectivity index (χ3v) is 5.34. The van der Waals surface area contributed by atoms with Gasteiger partial charge in [0.05, 0.1) is 6.54 Å². The smallest absolute Gasteiger partial charge is 0.242 e. The minimum absolute atomic E-state index is 0.0405. The number of piperazine rings is 1. The van der Waals surface area contributed by atoms with E-state index in [0.29, 0.717) is 30.4 Å². The molecule has 1 aromatic carbocycles. The number of hydrogen-bond acceptors (Lipinski definition) is 7. The highest BCUT2D eigenvalue weighted by molar-refractivity contribution is 7.99. The van der Waals surface area contributed by atoms with Crippen LogP contribution in [0.2, 0.25) is 0 Å². The maximum Gasteiger partial charge on any atom is 0.242 e. The van der Waals surface area contributed by atoms with Gasteiger partial charge in [-0.05, 0) is 22.6 Å². The lowest BCUT2D eigenvalue weighted by Gasteiger charge is -2.36. The van der Waals surface area contributed by atoms with E-state index in [4.69, 9.17) is 0 Å². The van der Waals surface area contributed by atoms with Crippen LogP contribution in [0.5, 0.6) is 0 Å². The molecule has 1 aliphatic heterocycles. The summed E-state index contributed by atoms with van der Waals surface area (Å²) in [4.78, 5) is 28.3. The van der Waals surface area contributed by atoms with Crippen molar-refractivity contribution in [2.24, 2.45) is 7.05 Å². The van der Waals surface area contributed by atoms with Gasteiger partial charge in [-0.1, -0.05) is 30.0 Å². The summed E-state index contributed by atoms with van der Waals surface area (Å²) >= 11 is 1.41. The summed E-state index contributed by atoms with van der Waals surface area (Å²) in [6.45, 7) is 2.97. The van der Waals surface area contributed by atoms with Gasteiger partial charge in [-0.2, -0.15) is 0 Å². The summed E-state index contributed by atoms with van der Waals surface area (Å²) < 4.78 is 1.56. The van der Waals surface area contributed by atoms with Crippen LogP contribution in [0, 0.1) is 0 Å². The Bertz CT molecular complexity index is 760. The molecule has 0 radical (unpaired) electrons. The number of nitrogens with zero attached hydrogens (tertiary/aromatic N) is 6. The van der Waals surface area contributed by atoms with Gasteiger partial charge in [0.2, 0.25) is 17.0 Å². The van der Waals surface area contributed by atoms with Crippen molar-refractivity contribution in [3.63, 3.8) is 0 Å². The number of para-hydroxylation sites is 1. The molecule has 0 atom stereocenters. The number of tetrazole rings is 1. The highest BCUT2D eigenvalue weighted by atomic mass is 32.2. The van der Waals surface area contributed by atoms with Crippen LogP contribution < -0.4 is 10.2 Å². The van der Waals surface area contributed by atoms with Crippen LogP contribution >= 0.6 is 11.8 Å². The number of rotatable bonds is 7. The Balaban J connectivity index is 1.33. The lowest BCUT2D eigenvalue weighted by molar-refractivity contribution is -0.133. The lowest BCUT2D eigenvalue weighted by Crippen LogP contribution is -2.51. The number of thioether (sulfide) groups is 1. The number of carbonyl (C=O) groups is 2. The average molecular weight is 389 g/mol.